The predicted molar refractivity (Wildman–Crippen MR) is 168 cm³/mol. The number of carbonyl (C=O) groups is 3. The van der Waals surface area contributed by atoms with Gasteiger partial charge in [-0.15, -0.1) is 0 Å². The van der Waals surface area contributed by atoms with Gasteiger partial charge in [-0.3, -0.25) is 9.59 Å². The molecule has 2 N–H and O–H groups in total. The van der Waals surface area contributed by atoms with Gasteiger partial charge in [-0.2, -0.15) is 0 Å². The summed E-state index contributed by atoms with van der Waals surface area (Å²) in [4.78, 5) is 46.5. The number of para-hydroxylation sites is 2. The quantitative estimate of drug-likeness (QED) is 0.226. The van der Waals surface area contributed by atoms with Gasteiger partial charge in [-0.05, 0) is 48.6 Å². The van der Waals surface area contributed by atoms with Gasteiger partial charge in [-0.1, -0.05) is 66.7 Å². The summed E-state index contributed by atoms with van der Waals surface area (Å²) in [5.41, 5.74) is 3.26. The van der Waals surface area contributed by atoms with Crippen LogP contribution < -0.4 is 10.6 Å². The molecule has 236 valence electrons. The number of hydrogen-bond donors (Lipinski definition) is 2. The van der Waals surface area contributed by atoms with E-state index in [9.17, 15) is 22.8 Å². The van der Waals surface area contributed by atoms with E-state index in [1.807, 2.05) is 49.4 Å². The molecule has 1 aromatic heterocycles. The monoisotopic (exact) mass is 632 g/mol. The number of urea groups is 1. The van der Waals surface area contributed by atoms with Gasteiger partial charge in [0.05, 0.1) is 30.8 Å². The molecule has 4 aromatic rings. The highest BCUT2D eigenvalue weighted by molar-refractivity contribution is 7.90. The number of benzene rings is 3. The van der Waals surface area contributed by atoms with E-state index in [2.05, 4.69) is 15.6 Å². The predicted octanol–water partition coefficient (Wildman–Crippen LogP) is 3.46. The first-order valence-electron chi connectivity index (χ1n) is 14.8. The van der Waals surface area contributed by atoms with Crippen LogP contribution in [0.5, 0.6) is 0 Å². The van der Waals surface area contributed by atoms with Crippen LogP contribution in [0.1, 0.15) is 33.8 Å². The molecule has 45 heavy (non-hydrogen) atoms. The van der Waals surface area contributed by atoms with Gasteiger partial charge < -0.3 is 24.7 Å². The summed E-state index contributed by atoms with van der Waals surface area (Å²) in [6.45, 7) is 3.06. The summed E-state index contributed by atoms with van der Waals surface area (Å²) in [6, 6.07) is 20.3. The fourth-order valence-electron chi connectivity index (χ4n) is 5.13. The first-order valence-corrected chi connectivity index (χ1v) is 16.6. The molecule has 3 aromatic carbocycles. The fraction of sp³-hybridized carbons (Fsp3) is 0.333. The minimum absolute atomic E-state index is 0.171. The maximum absolute atomic E-state index is 13.9. The number of hydrogen-bond acceptors (Lipinski definition) is 8. The van der Waals surface area contributed by atoms with E-state index < -0.39 is 45.4 Å². The van der Waals surface area contributed by atoms with Gasteiger partial charge >= 0.3 is 6.03 Å². The van der Waals surface area contributed by atoms with Crippen LogP contribution in [0.15, 0.2) is 83.3 Å². The number of nitrogens with one attached hydrogen (secondary N) is 2. The van der Waals surface area contributed by atoms with Crippen LogP contribution >= 0.6 is 0 Å². The van der Waals surface area contributed by atoms with Gasteiger partial charge in [0.15, 0.2) is 15.4 Å². The normalized spacial score (nSPS) is 14.9. The molecule has 5 rings (SSSR count). The van der Waals surface area contributed by atoms with Crippen molar-refractivity contribution in [3.63, 3.8) is 0 Å². The Morgan fingerprint density at radius 1 is 0.889 bits per heavy atom. The van der Waals surface area contributed by atoms with Crippen molar-refractivity contribution >= 4 is 38.7 Å². The molecule has 0 spiro atoms. The number of Topliss-reactive ketones (excluding diaryl/α,β-unsaturated/α-hetero) is 1. The molecule has 0 bridgehead atoms. The van der Waals surface area contributed by atoms with Crippen molar-refractivity contribution in [3.8, 4) is 0 Å². The molecule has 0 unspecified atom stereocenters. The number of aromatic nitrogens is 1. The van der Waals surface area contributed by atoms with Gasteiger partial charge in [0.25, 0.3) is 5.89 Å². The van der Waals surface area contributed by atoms with Crippen molar-refractivity contribution in [2.45, 2.75) is 37.6 Å². The number of amides is 3. The van der Waals surface area contributed by atoms with Gasteiger partial charge in [0.2, 0.25) is 11.7 Å². The Balaban J connectivity index is 1.39. The largest absolute Gasteiger partial charge is 0.434 e. The number of ether oxygens (including phenoxy) is 1. The van der Waals surface area contributed by atoms with E-state index in [0.29, 0.717) is 49.4 Å². The summed E-state index contributed by atoms with van der Waals surface area (Å²) < 4.78 is 37.9. The number of fused-ring (bicyclic) bond motifs is 1. The topological polar surface area (TPSA) is 148 Å². The Morgan fingerprint density at radius 2 is 1.58 bits per heavy atom. The van der Waals surface area contributed by atoms with Crippen molar-refractivity contribution < 1.29 is 32.0 Å². The lowest BCUT2D eigenvalue weighted by atomic mass is 10.0. The zero-order valence-electron chi connectivity index (χ0n) is 25.0. The average molecular weight is 633 g/mol. The highest BCUT2D eigenvalue weighted by Gasteiger charge is 2.34. The lowest BCUT2D eigenvalue weighted by Crippen LogP contribution is -2.57. The summed E-state index contributed by atoms with van der Waals surface area (Å²) >= 11 is 0. The maximum atomic E-state index is 13.9. The molecule has 12 heteroatoms. The fourth-order valence-corrected chi connectivity index (χ4v) is 6.79. The summed E-state index contributed by atoms with van der Waals surface area (Å²) in [5.74, 6) is -2.50. The first-order chi connectivity index (χ1) is 21.7. The van der Waals surface area contributed by atoms with Crippen LogP contribution in [0.25, 0.3) is 11.1 Å². The third-order valence-corrected chi connectivity index (χ3v) is 9.26. The Labute approximate surface area is 261 Å². The molecule has 11 nitrogen and oxygen atoms in total. The van der Waals surface area contributed by atoms with Gasteiger partial charge in [0, 0.05) is 13.1 Å². The standard InChI is InChI=1S/C33H36N4O7S/c1-23-9-5-6-12-25(23)21-45(41,42)22-28(36-33(40)37-17-19-43-20-18-37)31(39)34-27(16-15-24-10-3-2-4-11-24)30(38)32-35-26-13-7-8-14-29(26)44-32/h2-14,27-28H,15-22H2,1H3,(H,34,39)(H,36,40)/t27-,28-/m0/s1. The lowest BCUT2D eigenvalue weighted by molar-refractivity contribution is -0.123. The Hall–Kier alpha value is -4.55. The van der Waals surface area contributed by atoms with E-state index in [-0.39, 0.29) is 18.1 Å². The summed E-state index contributed by atoms with van der Waals surface area (Å²) in [5, 5.41) is 5.34. The van der Waals surface area contributed by atoms with Crippen molar-refractivity contribution in [1.82, 2.24) is 20.5 Å². The van der Waals surface area contributed by atoms with E-state index in [1.165, 1.54) is 4.90 Å². The molecule has 3 amide bonds. The molecule has 0 saturated carbocycles. The number of oxazole rings is 1. The lowest BCUT2D eigenvalue weighted by Gasteiger charge is -2.29. The molecule has 1 aliphatic rings. The number of aryl methyl sites for hydroxylation is 2. The number of ketones is 1. The molecule has 2 atom stereocenters. The molecular formula is C33H36N4O7S. The minimum atomic E-state index is -3.89. The van der Waals surface area contributed by atoms with Gasteiger partial charge in [0.1, 0.15) is 11.6 Å². The van der Waals surface area contributed by atoms with Crippen LogP contribution in [0.2, 0.25) is 0 Å². The molecular weight excluding hydrogens is 596 g/mol. The van der Waals surface area contributed by atoms with Crippen LogP contribution in [-0.4, -0.2) is 80.2 Å². The second-order valence-electron chi connectivity index (χ2n) is 11.0. The van der Waals surface area contributed by atoms with E-state index in [0.717, 1.165) is 11.1 Å². The molecule has 1 aliphatic heterocycles. The number of sulfone groups is 1. The third kappa shape index (κ3) is 8.55. The van der Waals surface area contributed by atoms with Crippen LogP contribution in [0, 0.1) is 6.92 Å². The number of morpholine rings is 1. The molecule has 1 saturated heterocycles. The molecule has 2 heterocycles. The highest BCUT2D eigenvalue weighted by atomic mass is 32.2. The first kappa shape index (κ1) is 31.9. The smallest absolute Gasteiger partial charge is 0.318 e. The zero-order valence-corrected chi connectivity index (χ0v) is 25.8. The van der Waals surface area contributed by atoms with Crippen LogP contribution in [0.3, 0.4) is 0 Å². The average Bonchev–Trinajstić information content (AvgIpc) is 3.48. The zero-order chi connectivity index (χ0) is 31.8. The van der Waals surface area contributed by atoms with Crippen molar-refractivity contribution in [1.29, 1.82) is 0 Å². The van der Waals surface area contributed by atoms with Crippen molar-refractivity contribution in [2.24, 2.45) is 0 Å². The Kier molecular flexibility index (Phi) is 10.3. The van der Waals surface area contributed by atoms with E-state index >= 15 is 0 Å². The maximum Gasteiger partial charge on any atom is 0.318 e. The van der Waals surface area contributed by atoms with Crippen molar-refractivity contribution in [2.75, 3.05) is 32.1 Å². The van der Waals surface area contributed by atoms with E-state index in [1.54, 1.807) is 36.4 Å². The number of rotatable bonds is 12. The second-order valence-corrected chi connectivity index (χ2v) is 13.1. The van der Waals surface area contributed by atoms with Crippen LogP contribution in [-0.2, 0) is 31.5 Å². The second kappa shape index (κ2) is 14.5. The molecule has 0 radical (unpaired) electrons. The van der Waals surface area contributed by atoms with E-state index in [4.69, 9.17) is 9.15 Å². The van der Waals surface area contributed by atoms with Crippen molar-refractivity contribution in [3.05, 3.63) is 101 Å². The SMILES string of the molecule is Cc1ccccc1CS(=O)(=O)C[C@H](NC(=O)N1CCOCC1)C(=O)N[C@@H](CCc1ccccc1)C(=O)c1nc2ccccc2o1. The van der Waals surface area contributed by atoms with Gasteiger partial charge in [-0.25, -0.2) is 18.2 Å². The third-order valence-electron chi connectivity index (χ3n) is 7.67. The summed E-state index contributed by atoms with van der Waals surface area (Å²) in [6.07, 6.45) is 0.627. The Bertz CT molecular complexity index is 1720. The Morgan fingerprint density at radius 3 is 2.31 bits per heavy atom. The molecule has 0 aliphatic carbocycles. The van der Waals surface area contributed by atoms with Crippen LogP contribution in [0.4, 0.5) is 4.79 Å². The number of carbonyl (C=O) groups excluding carboxylic acids is 3. The minimum Gasteiger partial charge on any atom is -0.434 e. The highest BCUT2D eigenvalue weighted by Crippen LogP contribution is 2.18. The number of nitrogens with zero attached hydrogens (tertiary/aromatic N) is 2. The molecule has 1 fully saturated rings. The summed E-state index contributed by atoms with van der Waals surface area (Å²) in [7, 11) is -3.89.